The molecule has 2 saturated heterocycles. The van der Waals surface area contributed by atoms with Crippen molar-refractivity contribution >= 4 is 40.4 Å². The third-order valence-corrected chi connectivity index (χ3v) is 4.94. The summed E-state index contributed by atoms with van der Waals surface area (Å²) >= 11 is 0. The molecule has 0 spiro atoms. The number of nitrogens with zero attached hydrogens (tertiary/aromatic N) is 2. The van der Waals surface area contributed by atoms with Gasteiger partial charge in [-0.2, -0.15) is 0 Å². The summed E-state index contributed by atoms with van der Waals surface area (Å²) in [5.41, 5.74) is 2.05. The Morgan fingerprint density at radius 2 is 1.78 bits per heavy atom. The fourth-order valence-electron chi connectivity index (χ4n) is 3.67. The van der Waals surface area contributed by atoms with Crippen molar-refractivity contribution in [1.82, 2.24) is 10.2 Å². The Labute approximate surface area is 155 Å². The number of anilines is 1. The van der Waals surface area contributed by atoms with E-state index in [0.29, 0.717) is 4.90 Å². The molecule has 27 heavy (non-hydrogen) atoms. The Balaban J connectivity index is 1.74. The Kier molecular flexibility index (Phi) is 4.27. The lowest BCUT2D eigenvalue weighted by Gasteiger charge is -2.20. The summed E-state index contributed by atoms with van der Waals surface area (Å²) in [6.07, 6.45) is 3.97. The monoisotopic (exact) mass is 365 g/mol. The molecule has 3 amide bonds. The number of carboxylic acids is 1. The predicted octanol–water partition coefficient (Wildman–Crippen LogP) is 2.42. The first kappa shape index (κ1) is 17.1. The van der Waals surface area contributed by atoms with E-state index in [1.165, 1.54) is 18.5 Å². The molecule has 2 aromatic rings. The van der Waals surface area contributed by atoms with Crippen molar-refractivity contribution in [1.29, 1.82) is 0 Å². The number of amides is 3. The third-order valence-electron chi connectivity index (χ3n) is 4.94. The summed E-state index contributed by atoms with van der Waals surface area (Å²) in [4.78, 5) is 38.2. The van der Waals surface area contributed by atoms with Gasteiger partial charge in [-0.05, 0) is 35.9 Å². The minimum Gasteiger partial charge on any atom is -0.480 e. The quantitative estimate of drug-likeness (QED) is 0.642. The van der Waals surface area contributed by atoms with Crippen LogP contribution in [0.15, 0.2) is 42.1 Å². The van der Waals surface area contributed by atoms with Crippen molar-refractivity contribution in [3.63, 3.8) is 0 Å². The number of fused-ring (bicyclic) bond motifs is 1. The molecule has 0 aromatic heterocycles. The molecule has 2 aliphatic rings. The van der Waals surface area contributed by atoms with Gasteiger partial charge in [0, 0.05) is 24.2 Å². The summed E-state index contributed by atoms with van der Waals surface area (Å²) in [6, 6.07) is 11.2. The molecule has 0 atom stereocenters. The smallest absolute Gasteiger partial charge is 0.329 e. The van der Waals surface area contributed by atoms with Crippen molar-refractivity contribution in [2.24, 2.45) is 0 Å². The fraction of sp³-hybridized carbons (Fsp3) is 0.250. The van der Waals surface area contributed by atoms with Gasteiger partial charge in [0.25, 0.3) is 5.91 Å². The Bertz CT molecular complexity index is 976. The molecular formula is C20H19N3O4. The first-order valence-electron chi connectivity index (χ1n) is 8.87. The maximum Gasteiger partial charge on any atom is 0.329 e. The summed E-state index contributed by atoms with van der Waals surface area (Å²) in [5.74, 6) is -1.87. The van der Waals surface area contributed by atoms with Crippen LogP contribution in [-0.2, 0) is 9.59 Å². The average molecular weight is 365 g/mol. The predicted molar refractivity (Wildman–Crippen MR) is 101 cm³/mol. The van der Waals surface area contributed by atoms with Crippen LogP contribution in [0.25, 0.3) is 16.8 Å². The van der Waals surface area contributed by atoms with Crippen LogP contribution >= 0.6 is 0 Å². The molecule has 2 aromatic carbocycles. The number of carbonyl (C=O) groups excluding carboxylic acids is 2. The number of urea groups is 1. The molecule has 0 radical (unpaired) electrons. The van der Waals surface area contributed by atoms with Crippen LogP contribution in [0.1, 0.15) is 18.4 Å². The number of rotatable bonds is 4. The van der Waals surface area contributed by atoms with Crippen LogP contribution in [0.4, 0.5) is 10.5 Å². The van der Waals surface area contributed by atoms with Gasteiger partial charge < -0.3 is 15.3 Å². The number of carboxylic acid groups (broad SMARTS) is 1. The molecule has 2 aliphatic heterocycles. The van der Waals surface area contributed by atoms with Crippen molar-refractivity contribution in [3.8, 4) is 0 Å². The Hall–Kier alpha value is -3.35. The van der Waals surface area contributed by atoms with Crippen LogP contribution in [0.5, 0.6) is 0 Å². The van der Waals surface area contributed by atoms with Gasteiger partial charge in [-0.15, -0.1) is 0 Å². The molecule has 7 heteroatoms. The zero-order valence-electron chi connectivity index (χ0n) is 14.6. The van der Waals surface area contributed by atoms with Gasteiger partial charge in [-0.1, -0.05) is 30.3 Å². The topological polar surface area (TPSA) is 89.9 Å². The highest BCUT2D eigenvalue weighted by atomic mass is 16.4. The zero-order chi connectivity index (χ0) is 19.0. The molecule has 2 fully saturated rings. The van der Waals surface area contributed by atoms with Crippen molar-refractivity contribution in [3.05, 3.63) is 47.7 Å². The molecule has 4 rings (SSSR count). The molecule has 0 aliphatic carbocycles. The van der Waals surface area contributed by atoms with Gasteiger partial charge in [0.05, 0.1) is 0 Å². The summed E-state index contributed by atoms with van der Waals surface area (Å²) in [7, 11) is 0. The van der Waals surface area contributed by atoms with Crippen LogP contribution in [0.2, 0.25) is 0 Å². The van der Waals surface area contributed by atoms with Gasteiger partial charge in [0.15, 0.2) is 0 Å². The van der Waals surface area contributed by atoms with Crippen molar-refractivity contribution in [2.45, 2.75) is 12.8 Å². The highest BCUT2D eigenvalue weighted by Crippen LogP contribution is 2.32. The van der Waals surface area contributed by atoms with Crippen molar-refractivity contribution in [2.75, 3.05) is 24.5 Å². The largest absolute Gasteiger partial charge is 0.480 e. The van der Waals surface area contributed by atoms with E-state index in [1.54, 1.807) is 6.08 Å². The van der Waals surface area contributed by atoms with Crippen molar-refractivity contribution < 1.29 is 19.5 Å². The highest BCUT2D eigenvalue weighted by Gasteiger charge is 2.35. The summed E-state index contributed by atoms with van der Waals surface area (Å²) < 4.78 is 0. The number of carbonyl (C=O) groups is 3. The lowest BCUT2D eigenvalue weighted by molar-refractivity contribution is -0.140. The minimum absolute atomic E-state index is 0.0836. The molecular weight excluding hydrogens is 346 g/mol. The van der Waals surface area contributed by atoms with Crippen LogP contribution in [0.3, 0.4) is 0 Å². The van der Waals surface area contributed by atoms with E-state index in [9.17, 15) is 14.4 Å². The van der Waals surface area contributed by atoms with Crippen LogP contribution < -0.4 is 10.2 Å². The van der Waals surface area contributed by atoms with E-state index in [0.717, 1.165) is 29.4 Å². The minimum atomic E-state index is -1.24. The van der Waals surface area contributed by atoms with E-state index >= 15 is 0 Å². The van der Waals surface area contributed by atoms with Gasteiger partial charge in [-0.25, -0.2) is 9.69 Å². The number of nitrogens with one attached hydrogen (secondary N) is 1. The molecule has 0 bridgehead atoms. The standard InChI is InChI=1S/C20H19N3O4/c24-18(25)12-23-19(26)16(21-20(23)27)11-13-7-8-17(22-9-3-4-10-22)15-6-2-1-5-14(13)15/h1-2,5-8,11H,3-4,9-10,12H2,(H,21,27)(H,24,25)/b16-11+. The Morgan fingerprint density at radius 1 is 1.07 bits per heavy atom. The fourth-order valence-corrected chi connectivity index (χ4v) is 3.67. The zero-order valence-corrected chi connectivity index (χ0v) is 14.6. The lowest BCUT2D eigenvalue weighted by atomic mass is 10.0. The molecule has 0 saturated carbocycles. The van der Waals surface area contributed by atoms with Gasteiger partial charge >= 0.3 is 12.0 Å². The van der Waals surface area contributed by atoms with Crippen LogP contribution in [-0.4, -0.2) is 47.5 Å². The second kappa shape index (κ2) is 6.75. The molecule has 138 valence electrons. The maximum atomic E-state index is 12.4. The highest BCUT2D eigenvalue weighted by molar-refractivity contribution is 6.16. The van der Waals surface area contributed by atoms with Gasteiger partial charge in [0.2, 0.25) is 0 Å². The number of hydrogen-bond donors (Lipinski definition) is 2. The van der Waals surface area contributed by atoms with E-state index < -0.39 is 24.5 Å². The van der Waals surface area contributed by atoms with E-state index in [1.807, 2.05) is 30.3 Å². The number of benzene rings is 2. The van der Waals surface area contributed by atoms with Gasteiger partial charge in [-0.3, -0.25) is 9.59 Å². The average Bonchev–Trinajstić information content (AvgIpc) is 3.27. The van der Waals surface area contributed by atoms with E-state index in [2.05, 4.69) is 16.3 Å². The first-order chi connectivity index (χ1) is 13.0. The second-order valence-electron chi connectivity index (χ2n) is 6.69. The Morgan fingerprint density at radius 3 is 2.48 bits per heavy atom. The molecule has 2 heterocycles. The SMILES string of the molecule is O=C(O)CN1C(=O)N/C(=C/c2ccc(N3CCCC3)c3ccccc23)C1=O. The number of hydrogen-bond acceptors (Lipinski definition) is 4. The van der Waals surface area contributed by atoms with E-state index in [4.69, 9.17) is 5.11 Å². The lowest BCUT2D eigenvalue weighted by Crippen LogP contribution is -2.35. The normalized spacial score (nSPS) is 18.6. The second-order valence-corrected chi connectivity index (χ2v) is 6.69. The molecule has 7 nitrogen and oxygen atoms in total. The van der Waals surface area contributed by atoms with Gasteiger partial charge in [0.1, 0.15) is 12.2 Å². The third kappa shape index (κ3) is 3.12. The summed E-state index contributed by atoms with van der Waals surface area (Å²) in [6.45, 7) is 1.41. The molecule has 2 N–H and O–H groups in total. The number of aliphatic carboxylic acids is 1. The van der Waals surface area contributed by atoms with Crippen LogP contribution in [0, 0.1) is 0 Å². The first-order valence-corrected chi connectivity index (χ1v) is 8.87. The summed E-state index contributed by atoms with van der Waals surface area (Å²) in [5, 5.41) is 13.4. The molecule has 0 unspecified atom stereocenters. The number of imide groups is 1. The van der Waals surface area contributed by atoms with E-state index in [-0.39, 0.29) is 5.70 Å². The maximum absolute atomic E-state index is 12.4.